The van der Waals surface area contributed by atoms with Crippen molar-refractivity contribution >= 4 is 23.3 Å². The molecular formula is C21H23NO6. The summed E-state index contributed by atoms with van der Waals surface area (Å²) in [5, 5.41) is 2.70. The van der Waals surface area contributed by atoms with E-state index in [-0.39, 0.29) is 17.3 Å². The van der Waals surface area contributed by atoms with Gasteiger partial charge in [0.1, 0.15) is 11.5 Å². The van der Waals surface area contributed by atoms with Crippen molar-refractivity contribution in [1.29, 1.82) is 0 Å². The average Bonchev–Trinajstić information content (AvgIpc) is 2.72. The number of methoxy groups -OCH3 is 2. The second-order valence-electron chi connectivity index (χ2n) is 5.98. The smallest absolute Gasteiger partial charge is 0.338 e. The first-order valence-electron chi connectivity index (χ1n) is 8.72. The number of carbonyl (C=O) groups is 3. The van der Waals surface area contributed by atoms with Gasteiger partial charge in [0.2, 0.25) is 5.91 Å². The van der Waals surface area contributed by atoms with E-state index in [1.165, 1.54) is 26.4 Å². The SMILES string of the molecule is CCC(=O)Nc1ccc(C(=O)COC(=O)c2cc(OC)c(C)c(OC)c2)cc1. The van der Waals surface area contributed by atoms with E-state index in [1.54, 1.807) is 31.2 Å². The molecule has 0 radical (unpaired) electrons. The number of Topliss-reactive ketones (excluding diaryl/α,β-unsaturated/α-hetero) is 1. The third kappa shape index (κ3) is 5.09. The Labute approximate surface area is 163 Å². The minimum Gasteiger partial charge on any atom is -0.496 e. The molecule has 0 heterocycles. The first-order chi connectivity index (χ1) is 13.4. The third-order valence-electron chi connectivity index (χ3n) is 4.13. The van der Waals surface area contributed by atoms with E-state index in [0.29, 0.717) is 29.2 Å². The number of ketones is 1. The molecule has 0 atom stereocenters. The molecule has 1 N–H and O–H groups in total. The number of hydrogen-bond donors (Lipinski definition) is 1. The molecule has 2 rings (SSSR count). The number of amides is 1. The van der Waals surface area contributed by atoms with Crippen molar-refractivity contribution in [1.82, 2.24) is 0 Å². The molecule has 28 heavy (non-hydrogen) atoms. The second-order valence-corrected chi connectivity index (χ2v) is 5.98. The Balaban J connectivity index is 2.02. The first-order valence-corrected chi connectivity index (χ1v) is 8.72. The van der Waals surface area contributed by atoms with E-state index in [9.17, 15) is 14.4 Å². The summed E-state index contributed by atoms with van der Waals surface area (Å²) < 4.78 is 15.6. The van der Waals surface area contributed by atoms with Crippen molar-refractivity contribution in [2.45, 2.75) is 20.3 Å². The average molecular weight is 385 g/mol. The Hall–Kier alpha value is -3.35. The van der Waals surface area contributed by atoms with Gasteiger partial charge in [-0.1, -0.05) is 6.92 Å². The lowest BCUT2D eigenvalue weighted by Gasteiger charge is -2.12. The van der Waals surface area contributed by atoms with E-state index >= 15 is 0 Å². The van der Waals surface area contributed by atoms with E-state index in [1.807, 2.05) is 6.92 Å². The lowest BCUT2D eigenvalue weighted by Crippen LogP contribution is -2.15. The van der Waals surface area contributed by atoms with Crippen molar-refractivity contribution < 1.29 is 28.6 Å². The number of hydrogen-bond acceptors (Lipinski definition) is 6. The molecule has 0 aliphatic carbocycles. The van der Waals surface area contributed by atoms with Crippen LogP contribution in [0.1, 0.15) is 39.6 Å². The number of ether oxygens (including phenoxy) is 3. The van der Waals surface area contributed by atoms with Crippen LogP contribution in [0.3, 0.4) is 0 Å². The number of rotatable bonds is 8. The maximum Gasteiger partial charge on any atom is 0.338 e. The highest BCUT2D eigenvalue weighted by Crippen LogP contribution is 2.29. The Morgan fingerprint density at radius 1 is 0.929 bits per heavy atom. The van der Waals surface area contributed by atoms with Gasteiger partial charge in [0, 0.05) is 23.2 Å². The Kier molecular flexibility index (Phi) is 7.14. The molecule has 0 aliphatic heterocycles. The summed E-state index contributed by atoms with van der Waals surface area (Å²) in [6, 6.07) is 9.46. The van der Waals surface area contributed by atoms with Crippen LogP contribution in [-0.2, 0) is 9.53 Å². The molecular weight excluding hydrogens is 362 g/mol. The second kappa shape index (κ2) is 9.55. The van der Waals surface area contributed by atoms with Crippen LogP contribution in [0, 0.1) is 6.92 Å². The summed E-state index contributed by atoms with van der Waals surface area (Å²) in [5.41, 5.74) is 1.96. The Morgan fingerprint density at radius 2 is 1.50 bits per heavy atom. The zero-order valence-electron chi connectivity index (χ0n) is 16.3. The van der Waals surface area contributed by atoms with E-state index in [0.717, 1.165) is 5.56 Å². The van der Waals surface area contributed by atoms with Crippen LogP contribution < -0.4 is 14.8 Å². The molecule has 2 aromatic carbocycles. The molecule has 0 saturated carbocycles. The normalized spacial score (nSPS) is 10.1. The number of carbonyl (C=O) groups excluding carboxylic acids is 3. The van der Waals surface area contributed by atoms with Crippen molar-refractivity contribution in [2.24, 2.45) is 0 Å². The molecule has 0 bridgehead atoms. The van der Waals surface area contributed by atoms with E-state index in [4.69, 9.17) is 14.2 Å². The minimum absolute atomic E-state index is 0.114. The summed E-state index contributed by atoms with van der Waals surface area (Å²) in [6.45, 7) is 3.15. The molecule has 0 fully saturated rings. The molecule has 0 spiro atoms. The zero-order chi connectivity index (χ0) is 20.7. The molecule has 148 valence electrons. The van der Waals surface area contributed by atoms with Crippen LogP contribution in [0.4, 0.5) is 5.69 Å². The third-order valence-corrected chi connectivity index (χ3v) is 4.13. The minimum atomic E-state index is -0.656. The van der Waals surface area contributed by atoms with E-state index < -0.39 is 12.6 Å². The Morgan fingerprint density at radius 3 is 2.00 bits per heavy atom. The van der Waals surface area contributed by atoms with Crippen molar-refractivity contribution in [3.8, 4) is 11.5 Å². The predicted molar refractivity (Wildman–Crippen MR) is 104 cm³/mol. The van der Waals surface area contributed by atoms with Crippen LogP contribution in [0.15, 0.2) is 36.4 Å². The summed E-state index contributed by atoms with van der Waals surface area (Å²) in [7, 11) is 2.99. The summed E-state index contributed by atoms with van der Waals surface area (Å²) in [5.74, 6) is -0.147. The van der Waals surface area contributed by atoms with Gasteiger partial charge in [-0.15, -0.1) is 0 Å². The number of nitrogens with one attached hydrogen (secondary N) is 1. The lowest BCUT2D eigenvalue weighted by molar-refractivity contribution is -0.115. The predicted octanol–water partition coefficient (Wildman–Crippen LogP) is 3.40. The van der Waals surface area contributed by atoms with Gasteiger partial charge < -0.3 is 19.5 Å². The lowest BCUT2D eigenvalue weighted by atomic mass is 10.1. The van der Waals surface area contributed by atoms with Gasteiger partial charge >= 0.3 is 5.97 Å². The zero-order valence-corrected chi connectivity index (χ0v) is 16.3. The molecule has 0 aliphatic rings. The van der Waals surface area contributed by atoms with Gasteiger partial charge in [-0.25, -0.2) is 4.79 Å². The first kappa shape index (κ1) is 21.0. The fourth-order valence-corrected chi connectivity index (χ4v) is 2.49. The van der Waals surface area contributed by atoms with Crippen molar-refractivity contribution in [2.75, 3.05) is 26.1 Å². The summed E-state index contributed by atoms with van der Waals surface area (Å²) in [4.78, 5) is 35.9. The highest BCUT2D eigenvalue weighted by atomic mass is 16.5. The number of benzene rings is 2. The van der Waals surface area contributed by atoms with Crippen LogP contribution in [0.25, 0.3) is 0 Å². The molecule has 1 amide bonds. The standard InChI is InChI=1S/C21H23NO6/c1-5-20(24)22-16-8-6-14(7-9-16)17(23)12-28-21(25)15-10-18(26-3)13(2)19(11-15)27-4/h6-11H,5,12H2,1-4H3,(H,22,24). The van der Waals surface area contributed by atoms with Gasteiger partial charge in [-0.2, -0.15) is 0 Å². The number of esters is 1. The van der Waals surface area contributed by atoms with Crippen LogP contribution in [0.2, 0.25) is 0 Å². The van der Waals surface area contributed by atoms with Gasteiger partial charge in [0.05, 0.1) is 19.8 Å². The van der Waals surface area contributed by atoms with E-state index in [2.05, 4.69) is 5.32 Å². The number of anilines is 1. The Bertz CT molecular complexity index is 848. The van der Waals surface area contributed by atoms with Crippen LogP contribution in [0.5, 0.6) is 11.5 Å². The molecule has 0 saturated heterocycles. The van der Waals surface area contributed by atoms with Gasteiger partial charge in [0.15, 0.2) is 12.4 Å². The fraction of sp³-hybridized carbons (Fsp3) is 0.286. The van der Waals surface area contributed by atoms with Crippen LogP contribution >= 0.6 is 0 Å². The highest BCUT2D eigenvalue weighted by Gasteiger charge is 2.16. The monoisotopic (exact) mass is 385 g/mol. The van der Waals surface area contributed by atoms with Crippen LogP contribution in [-0.4, -0.2) is 38.5 Å². The van der Waals surface area contributed by atoms with Crippen molar-refractivity contribution in [3.05, 3.63) is 53.1 Å². The molecule has 0 aromatic heterocycles. The molecule has 7 nitrogen and oxygen atoms in total. The van der Waals surface area contributed by atoms with Gasteiger partial charge in [-0.05, 0) is 43.3 Å². The summed E-state index contributed by atoms with van der Waals surface area (Å²) in [6.07, 6.45) is 0.366. The quantitative estimate of drug-likeness (QED) is 0.553. The fourth-order valence-electron chi connectivity index (χ4n) is 2.49. The highest BCUT2D eigenvalue weighted by molar-refractivity contribution is 6.00. The topological polar surface area (TPSA) is 90.9 Å². The van der Waals surface area contributed by atoms with Gasteiger partial charge in [0.25, 0.3) is 0 Å². The maximum absolute atomic E-state index is 12.3. The van der Waals surface area contributed by atoms with Gasteiger partial charge in [-0.3, -0.25) is 9.59 Å². The molecule has 0 unspecified atom stereocenters. The van der Waals surface area contributed by atoms with Crippen molar-refractivity contribution in [3.63, 3.8) is 0 Å². The largest absolute Gasteiger partial charge is 0.496 e. The molecule has 7 heteroatoms. The molecule has 2 aromatic rings. The summed E-state index contributed by atoms with van der Waals surface area (Å²) >= 11 is 0. The maximum atomic E-state index is 12.3.